The van der Waals surface area contributed by atoms with Crippen LogP contribution in [0.25, 0.3) is 10.1 Å². The summed E-state index contributed by atoms with van der Waals surface area (Å²) in [6.45, 7) is 5.67. The van der Waals surface area contributed by atoms with Crippen LogP contribution in [0.15, 0.2) is 51.7 Å². The quantitative estimate of drug-likeness (QED) is 0.689. The number of piperazine rings is 1. The molecule has 1 aromatic carbocycles. The highest BCUT2D eigenvalue weighted by molar-refractivity contribution is 7.93. The maximum Gasteiger partial charge on any atom is 0.215 e. The zero-order valence-corrected chi connectivity index (χ0v) is 17.8. The lowest BCUT2D eigenvalue weighted by Gasteiger charge is -2.28. The van der Waals surface area contributed by atoms with E-state index >= 15 is 0 Å². The van der Waals surface area contributed by atoms with E-state index in [2.05, 4.69) is 20.1 Å². The van der Waals surface area contributed by atoms with Crippen molar-refractivity contribution in [3.05, 3.63) is 42.6 Å². The molecule has 29 heavy (non-hydrogen) atoms. The third-order valence-electron chi connectivity index (χ3n) is 5.70. The molecule has 4 heterocycles. The van der Waals surface area contributed by atoms with E-state index in [4.69, 9.17) is 0 Å². The Kier molecular flexibility index (Phi) is 4.93. The molecule has 0 bridgehead atoms. The van der Waals surface area contributed by atoms with E-state index in [9.17, 15) is 8.42 Å². The number of nitrogens with one attached hydrogen (secondary N) is 1. The number of aromatic nitrogens is 1. The molecule has 0 atom stereocenters. The molecular formula is C21H24N4O2S2. The van der Waals surface area contributed by atoms with Gasteiger partial charge >= 0.3 is 0 Å². The van der Waals surface area contributed by atoms with Crippen LogP contribution in [0.5, 0.6) is 0 Å². The van der Waals surface area contributed by atoms with Crippen LogP contribution in [0, 0.1) is 0 Å². The Morgan fingerprint density at radius 1 is 0.931 bits per heavy atom. The average Bonchev–Trinajstić information content (AvgIpc) is 3.44. The number of nitrogens with zero attached hydrogens (tertiary/aromatic N) is 3. The topological polar surface area (TPSA) is 65.5 Å². The number of sulfone groups is 1. The fourth-order valence-corrected chi connectivity index (χ4v) is 6.89. The largest absolute Gasteiger partial charge is 0.372 e. The number of thiophene rings is 1. The van der Waals surface area contributed by atoms with Crippen LogP contribution in [0.3, 0.4) is 0 Å². The fourth-order valence-electron chi connectivity index (χ4n) is 4.11. The van der Waals surface area contributed by atoms with Gasteiger partial charge in [0.25, 0.3) is 0 Å². The van der Waals surface area contributed by atoms with E-state index in [1.807, 2.05) is 18.2 Å². The number of hydrogen-bond donors (Lipinski definition) is 1. The summed E-state index contributed by atoms with van der Waals surface area (Å²) in [7, 11) is -3.55. The summed E-state index contributed by atoms with van der Waals surface area (Å²) >= 11 is 1.33. The molecule has 0 aliphatic carbocycles. The average molecular weight is 429 g/mol. The van der Waals surface area contributed by atoms with Gasteiger partial charge in [-0.05, 0) is 49.2 Å². The molecule has 0 saturated carbocycles. The molecule has 3 aromatic rings. The van der Waals surface area contributed by atoms with E-state index in [0.717, 1.165) is 60.9 Å². The third kappa shape index (κ3) is 3.49. The lowest BCUT2D eigenvalue weighted by molar-refractivity contribution is 0.586. The molecule has 8 heteroatoms. The molecule has 5 rings (SSSR count). The van der Waals surface area contributed by atoms with Gasteiger partial charge < -0.3 is 15.1 Å². The number of anilines is 2. The first-order valence-electron chi connectivity index (χ1n) is 10.1. The van der Waals surface area contributed by atoms with Gasteiger partial charge in [-0.3, -0.25) is 0 Å². The highest BCUT2D eigenvalue weighted by atomic mass is 32.2. The van der Waals surface area contributed by atoms with Crippen molar-refractivity contribution in [1.82, 2.24) is 10.3 Å². The summed E-state index contributed by atoms with van der Waals surface area (Å²) in [4.78, 5) is 9.45. The maximum atomic E-state index is 13.3. The molecule has 6 nitrogen and oxygen atoms in total. The summed E-state index contributed by atoms with van der Waals surface area (Å²) in [5, 5.41) is 4.26. The lowest BCUT2D eigenvalue weighted by atomic mass is 10.2. The summed E-state index contributed by atoms with van der Waals surface area (Å²) in [5.74, 6) is 0.881. The van der Waals surface area contributed by atoms with Crippen LogP contribution in [-0.2, 0) is 9.84 Å². The van der Waals surface area contributed by atoms with Crippen molar-refractivity contribution in [3.63, 3.8) is 0 Å². The van der Waals surface area contributed by atoms with Gasteiger partial charge in [0.15, 0.2) is 0 Å². The van der Waals surface area contributed by atoms with E-state index < -0.39 is 9.84 Å². The van der Waals surface area contributed by atoms with Crippen molar-refractivity contribution in [2.24, 2.45) is 0 Å². The predicted molar refractivity (Wildman–Crippen MR) is 118 cm³/mol. The number of pyridine rings is 1. The van der Waals surface area contributed by atoms with Gasteiger partial charge in [0.1, 0.15) is 10.0 Å². The first-order valence-corrected chi connectivity index (χ1v) is 12.4. The van der Waals surface area contributed by atoms with Crippen LogP contribution in [0.1, 0.15) is 12.8 Å². The van der Waals surface area contributed by atoms with Crippen LogP contribution >= 0.6 is 11.3 Å². The molecule has 2 aliphatic heterocycles. The first kappa shape index (κ1) is 18.8. The van der Waals surface area contributed by atoms with Crippen LogP contribution in [-0.4, -0.2) is 52.7 Å². The number of benzene rings is 1. The van der Waals surface area contributed by atoms with Crippen molar-refractivity contribution >= 4 is 42.8 Å². The standard InChI is InChI=1S/C21H24N4O2S2/c26-29(27,17-5-3-16(4-6-17)24-11-1-2-12-24)20-15-18-19(28-20)7-8-23-21(18)25-13-9-22-10-14-25/h3-8,15,22H,1-2,9-14H2. The van der Waals surface area contributed by atoms with Gasteiger partial charge in [0, 0.05) is 61.2 Å². The highest BCUT2D eigenvalue weighted by Crippen LogP contribution is 2.37. The monoisotopic (exact) mass is 428 g/mol. The van der Waals surface area contributed by atoms with Crippen molar-refractivity contribution in [3.8, 4) is 0 Å². The Morgan fingerprint density at radius 3 is 2.38 bits per heavy atom. The van der Waals surface area contributed by atoms with E-state index in [1.165, 1.54) is 24.2 Å². The maximum absolute atomic E-state index is 13.3. The lowest BCUT2D eigenvalue weighted by Crippen LogP contribution is -2.43. The Labute approximate surface area is 175 Å². The number of fused-ring (bicyclic) bond motifs is 1. The smallest absolute Gasteiger partial charge is 0.215 e. The van der Waals surface area contributed by atoms with Crippen molar-refractivity contribution in [2.45, 2.75) is 21.9 Å². The first-order chi connectivity index (χ1) is 14.1. The third-order valence-corrected chi connectivity index (χ3v) is 9.04. The number of rotatable bonds is 4. The van der Waals surface area contributed by atoms with Gasteiger partial charge in [-0.1, -0.05) is 0 Å². The molecule has 2 saturated heterocycles. The van der Waals surface area contributed by atoms with E-state index in [0.29, 0.717) is 9.10 Å². The fraction of sp³-hybridized carbons (Fsp3) is 0.381. The van der Waals surface area contributed by atoms with Crippen molar-refractivity contribution in [2.75, 3.05) is 49.1 Å². The molecule has 1 N–H and O–H groups in total. The molecule has 2 fully saturated rings. The summed E-state index contributed by atoms with van der Waals surface area (Å²) in [6.07, 6.45) is 4.17. The minimum Gasteiger partial charge on any atom is -0.372 e. The van der Waals surface area contributed by atoms with Crippen molar-refractivity contribution < 1.29 is 8.42 Å². The van der Waals surface area contributed by atoms with E-state index in [-0.39, 0.29) is 0 Å². The van der Waals surface area contributed by atoms with E-state index in [1.54, 1.807) is 24.4 Å². The molecule has 0 unspecified atom stereocenters. The molecular weight excluding hydrogens is 404 g/mol. The van der Waals surface area contributed by atoms with Gasteiger partial charge in [0.2, 0.25) is 9.84 Å². The van der Waals surface area contributed by atoms with Crippen molar-refractivity contribution in [1.29, 1.82) is 0 Å². The Hall–Kier alpha value is -2.16. The Balaban J connectivity index is 1.49. The Morgan fingerprint density at radius 2 is 1.66 bits per heavy atom. The predicted octanol–water partition coefficient (Wildman–Crippen LogP) is 3.14. The zero-order valence-electron chi connectivity index (χ0n) is 16.2. The van der Waals surface area contributed by atoms with Crippen LogP contribution < -0.4 is 15.1 Å². The van der Waals surface area contributed by atoms with Gasteiger partial charge in [-0.15, -0.1) is 11.3 Å². The Bertz CT molecular complexity index is 1110. The van der Waals surface area contributed by atoms with Gasteiger partial charge in [-0.2, -0.15) is 0 Å². The minimum atomic E-state index is -3.55. The molecule has 152 valence electrons. The molecule has 2 aliphatic rings. The normalized spacial score (nSPS) is 17.9. The summed E-state index contributed by atoms with van der Waals surface area (Å²) in [5.41, 5.74) is 1.10. The number of hydrogen-bond acceptors (Lipinski definition) is 7. The molecule has 0 amide bonds. The second-order valence-electron chi connectivity index (χ2n) is 7.54. The van der Waals surface area contributed by atoms with Gasteiger partial charge in [0.05, 0.1) is 4.90 Å². The van der Waals surface area contributed by atoms with Crippen LogP contribution in [0.4, 0.5) is 11.5 Å². The van der Waals surface area contributed by atoms with Crippen LogP contribution in [0.2, 0.25) is 0 Å². The molecule has 0 spiro atoms. The zero-order chi connectivity index (χ0) is 19.8. The second-order valence-corrected chi connectivity index (χ2v) is 10.8. The SMILES string of the molecule is O=S(=O)(c1ccc(N2CCCC2)cc1)c1cc2c(N3CCNCC3)nccc2s1. The highest BCUT2D eigenvalue weighted by Gasteiger charge is 2.24. The molecule has 0 radical (unpaired) electrons. The summed E-state index contributed by atoms with van der Waals surface area (Å²) < 4.78 is 27.9. The minimum absolute atomic E-state index is 0.351. The van der Waals surface area contributed by atoms with Gasteiger partial charge in [-0.25, -0.2) is 13.4 Å². The summed E-state index contributed by atoms with van der Waals surface area (Å²) in [6, 6.07) is 11.0. The molecule has 2 aromatic heterocycles. The second kappa shape index (κ2) is 7.59.